The molecule has 0 radical (unpaired) electrons. The van der Waals surface area contributed by atoms with Crippen LogP contribution in [0.2, 0.25) is 5.02 Å². The second-order valence-corrected chi connectivity index (χ2v) is 5.88. The van der Waals surface area contributed by atoms with Crippen molar-refractivity contribution in [3.63, 3.8) is 0 Å². The molecule has 6 heteroatoms. The molecule has 0 amide bonds. The summed E-state index contributed by atoms with van der Waals surface area (Å²) < 4.78 is 26.6. The Morgan fingerprint density at radius 1 is 1.37 bits per heavy atom. The summed E-state index contributed by atoms with van der Waals surface area (Å²) in [6, 6.07) is 1.89. The maximum absolute atomic E-state index is 13.7. The second kappa shape index (κ2) is 5.67. The summed E-state index contributed by atoms with van der Waals surface area (Å²) in [7, 11) is 0. The van der Waals surface area contributed by atoms with Crippen LogP contribution in [0.15, 0.2) is 17.1 Å². The van der Waals surface area contributed by atoms with Crippen molar-refractivity contribution < 1.29 is 8.78 Å². The minimum absolute atomic E-state index is 0.0197. The molecular formula is C13H15ClF2N2S. The SMILES string of the molecule is CCC1(CC)CSC(Nc2c(F)cc(F)cc2Cl)=N1. The number of thioether (sulfide) groups is 1. The average molecular weight is 305 g/mol. The second-order valence-electron chi connectivity index (χ2n) is 4.51. The van der Waals surface area contributed by atoms with E-state index in [1.165, 1.54) is 11.8 Å². The molecular weight excluding hydrogens is 290 g/mol. The monoisotopic (exact) mass is 304 g/mol. The third-order valence-corrected chi connectivity index (χ3v) is 4.82. The Bertz CT molecular complexity index is 492. The largest absolute Gasteiger partial charge is 0.331 e. The van der Waals surface area contributed by atoms with Gasteiger partial charge in [-0.3, -0.25) is 4.99 Å². The van der Waals surface area contributed by atoms with Gasteiger partial charge >= 0.3 is 0 Å². The summed E-state index contributed by atoms with van der Waals surface area (Å²) in [6.45, 7) is 4.17. The highest BCUT2D eigenvalue weighted by atomic mass is 35.5. The van der Waals surface area contributed by atoms with Crippen LogP contribution in [-0.2, 0) is 0 Å². The normalized spacial score (nSPS) is 17.4. The number of nitrogens with one attached hydrogen (secondary N) is 1. The summed E-state index contributed by atoms with van der Waals surface area (Å²) >= 11 is 7.38. The molecule has 1 aromatic carbocycles. The number of nitrogens with zero attached hydrogens (tertiary/aromatic N) is 1. The van der Waals surface area contributed by atoms with E-state index in [0.717, 1.165) is 30.7 Å². The van der Waals surface area contributed by atoms with Crippen LogP contribution in [0, 0.1) is 11.6 Å². The van der Waals surface area contributed by atoms with E-state index in [-0.39, 0.29) is 16.2 Å². The summed E-state index contributed by atoms with van der Waals surface area (Å²) in [4.78, 5) is 4.61. The maximum Gasteiger partial charge on any atom is 0.161 e. The lowest BCUT2D eigenvalue weighted by Crippen LogP contribution is -2.24. The number of halogens is 3. The van der Waals surface area contributed by atoms with Gasteiger partial charge in [0.1, 0.15) is 5.82 Å². The van der Waals surface area contributed by atoms with Crippen LogP contribution in [0.1, 0.15) is 26.7 Å². The van der Waals surface area contributed by atoms with E-state index in [1.807, 2.05) is 0 Å². The van der Waals surface area contributed by atoms with Gasteiger partial charge in [0.2, 0.25) is 0 Å². The van der Waals surface area contributed by atoms with Gasteiger partial charge in [0.15, 0.2) is 11.0 Å². The van der Waals surface area contributed by atoms with Crippen LogP contribution < -0.4 is 5.32 Å². The van der Waals surface area contributed by atoms with Crippen molar-refractivity contribution in [3.05, 3.63) is 28.8 Å². The molecule has 1 heterocycles. The molecule has 0 bridgehead atoms. The average Bonchev–Trinajstić information content (AvgIpc) is 2.78. The van der Waals surface area contributed by atoms with E-state index in [0.29, 0.717) is 5.17 Å². The first kappa shape index (κ1) is 14.6. The zero-order chi connectivity index (χ0) is 14.0. The van der Waals surface area contributed by atoms with Gasteiger partial charge in [-0.05, 0) is 18.9 Å². The Balaban J connectivity index is 2.24. The predicted octanol–water partition coefficient (Wildman–Crippen LogP) is 4.69. The minimum Gasteiger partial charge on any atom is -0.331 e. The van der Waals surface area contributed by atoms with Crippen LogP contribution in [0.3, 0.4) is 0 Å². The summed E-state index contributed by atoms with van der Waals surface area (Å²) in [5.74, 6) is -0.535. The van der Waals surface area contributed by atoms with Gasteiger partial charge in [0, 0.05) is 11.8 Å². The van der Waals surface area contributed by atoms with Crippen molar-refractivity contribution >= 4 is 34.2 Å². The van der Waals surface area contributed by atoms with E-state index in [4.69, 9.17) is 11.6 Å². The molecule has 0 aromatic heterocycles. The number of rotatable bonds is 3. The van der Waals surface area contributed by atoms with E-state index in [1.54, 1.807) is 0 Å². The molecule has 0 saturated carbocycles. The van der Waals surface area contributed by atoms with Gasteiger partial charge in [0.25, 0.3) is 0 Å². The molecule has 1 N–H and O–H groups in total. The molecule has 0 spiro atoms. The van der Waals surface area contributed by atoms with Crippen molar-refractivity contribution in [2.75, 3.05) is 11.1 Å². The van der Waals surface area contributed by atoms with Gasteiger partial charge in [-0.15, -0.1) is 0 Å². The maximum atomic E-state index is 13.7. The Kier molecular flexibility index (Phi) is 4.36. The third-order valence-electron chi connectivity index (χ3n) is 3.37. The number of hydrogen-bond donors (Lipinski definition) is 1. The van der Waals surface area contributed by atoms with E-state index in [9.17, 15) is 8.78 Å². The predicted molar refractivity (Wildman–Crippen MR) is 78.2 cm³/mol. The highest BCUT2D eigenvalue weighted by molar-refractivity contribution is 8.14. The van der Waals surface area contributed by atoms with Gasteiger partial charge in [0.05, 0.1) is 16.2 Å². The van der Waals surface area contributed by atoms with Gasteiger partial charge < -0.3 is 5.32 Å². The highest BCUT2D eigenvalue weighted by Crippen LogP contribution is 2.35. The quantitative estimate of drug-likeness (QED) is 0.876. The number of anilines is 1. The molecule has 0 atom stereocenters. The van der Waals surface area contributed by atoms with Crippen LogP contribution in [0.4, 0.5) is 14.5 Å². The van der Waals surface area contributed by atoms with Crippen LogP contribution in [0.25, 0.3) is 0 Å². The van der Waals surface area contributed by atoms with Crippen molar-refractivity contribution in [2.24, 2.45) is 4.99 Å². The fourth-order valence-electron chi connectivity index (χ4n) is 1.93. The Hall–Kier alpha value is -0.810. The van der Waals surface area contributed by atoms with Crippen molar-refractivity contribution in [1.29, 1.82) is 0 Å². The zero-order valence-corrected chi connectivity index (χ0v) is 12.3. The molecule has 2 nitrogen and oxygen atoms in total. The van der Waals surface area contributed by atoms with Crippen molar-refractivity contribution in [2.45, 2.75) is 32.2 Å². The molecule has 104 valence electrons. The fourth-order valence-corrected chi connectivity index (χ4v) is 3.48. The smallest absolute Gasteiger partial charge is 0.161 e. The molecule has 2 rings (SSSR count). The van der Waals surface area contributed by atoms with Crippen LogP contribution in [-0.4, -0.2) is 16.5 Å². The molecule has 0 fully saturated rings. The summed E-state index contributed by atoms with van der Waals surface area (Å²) in [6.07, 6.45) is 1.86. The standard InChI is InChI=1S/C13H15ClF2N2S/c1-3-13(4-2)7-19-12(18-13)17-11-9(14)5-8(15)6-10(11)16/h5-6H,3-4,7H2,1-2H3,(H,17,18). The first-order valence-corrected chi connectivity index (χ1v) is 7.50. The summed E-state index contributed by atoms with van der Waals surface area (Å²) in [5, 5.41) is 3.52. The minimum atomic E-state index is -0.709. The molecule has 1 aliphatic rings. The van der Waals surface area contributed by atoms with Gasteiger partial charge in [-0.2, -0.15) is 0 Å². The lowest BCUT2D eigenvalue weighted by Gasteiger charge is -2.20. The first-order chi connectivity index (χ1) is 8.99. The summed E-state index contributed by atoms with van der Waals surface area (Å²) in [5.41, 5.74) is -0.00646. The van der Waals surface area contributed by atoms with Gasteiger partial charge in [-0.1, -0.05) is 37.2 Å². The fraction of sp³-hybridized carbons (Fsp3) is 0.462. The molecule has 0 aliphatic carbocycles. The van der Waals surface area contributed by atoms with Crippen LogP contribution >= 0.6 is 23.4 Å². The van der Waals surface area contributed by atoms with Crippen LogP contribution in [0.5, 0.6) is 0 Å². The van der Waals surface area contributed by atoms with Gasteiger partial charge in [-0.25, -0.2) is 8.78 Å². The van der Waals surface area contributed by atoms with Crippen molar-refractivity contribution in [1.82, 2.24) is 0 Å². The molecule has 19 heavy (non-hydrogen) atoms. The van der Waals surface area contributed by atoms with E-state index >= 15 is 0 Å². The Labute approximate surface area is 120 Å². The topological polar surface area (TPSA) is 24.4 Å². The first-order valence-electron chi connectivity index (χ1n) is 6.14. The number of amidine groups is 1. The number of aliphatic imine (C=N–C) groups is 1. The molecule has 1 aliphatic heterocycles. The van der Waals surface area contributed by atoms with E-state index in [2.05, 4.69) is 24.2 Å². The lowest BCUT2D eigenvalue weighted by molar-refractivity contribution is 0.456. The molecule has 0 saturated heterocycles. The third kappa shape index (κ3) is 3.03. The lowest BCUT2D eigenvalue weighted by atomic mass is 9.97. The Morgan fingerprint density at radius 2 is 2.05 bits per heavy atom. The molecule has 0 unspecified atom stereocenters. The Morgan fingerprint density at radius 3 is 2.58 bits per heavy atom. The number of benzene rings is 1. The number of hydrogen-bond acceptors (Lipinski definition) is 3. The van der Waals surface area contributed by atoms with E-state index < -0.39 is 11.6 Å². The highest BCUT2D eigenvalue weighted by Gasteiger charge is 2.32. The van der Waals surface area contributed by atoms with Crippen molar-refractivity contribution in [3.8, 4) is 0 Å². The zero-order valence-electron chi connectivity index (χ0n) is 10.8. The molecule has 1 aromatic rings.